The van der Waals surface area contributed by atoms with Crippen molar-refractivity contribution < 1.29 is 4.79 Å². The Balaban J connectivity index is 1.87. The van der Waals surface area contributed by atoms with Gasteiger partial charge in [-0.25, -0.2) is 0 Å². The summed E-state index contributed by atoms with van der Waals surface area (Å²) < 4.78 is 0. The van der Waals surface area contributed by atoms with Crippen molar-refractivity contribution in [1.82, 2.24) is 16.0 Å². The van der Waals surface area contributed by atoms with E-state index in [1.165, 1.54) is 11.1 Å². The molecule has 0 spiro atoms. The summed E-state index contributed by atoms with van der Waals surface area (Å²) in [6.07, 6.45) is 0. The maximum atomic E-state index is 11.5. The first kappa shape index (κ1) is 17.5. The van der Waals surface area contributed by atoms with Crippen LogP contribution in [0.25, 0.3) is 0 Å². The van der Waals surface area contributed by atoms with Crippen LogP contribution in [-0.4, -0.2) is 26.0 Å². The number of hydrogen-bond donors (Lipinski definition) is 3. The summed E-state index contributed by atoms with van der Waals surface area (Å²) in [6.45, 7) is 3.46. The van der Waals surface area contributed by atoms with E-state index in [2.05, 4.69) is 40.0 Å². The Kier molecular flexibility index (Phi) is 6.37. The molecule has 0 bridgehead atoms. The summed E-state index contributed by atoms with van der Waals surface area (Å²) in [5.41, 5.74) is 4.24. The molecule has 0 saturated heterocycles. The molecule has 0 aliphatic heterocycles. The minimum Gasteiger partial charge on any atom is -0.355 e. The van der Waals surface area contributed by atoms with Crippen molar-refractivity contribution in [2.75, 3.05) is 14.1 Å². The summed E-state index contributed by atoms with van der Waals surface area (Å²) in [5.74, 6) is 0.666. The summed E-state index contributed by atoms with van der Waals surface area (Å²) in [4.78, 5) is 15.8. The van der Waals surface area contributed by atoms with Crippen molar-refractivity contribution in [2.24, 2.45) is 4.99 Å². The number of amides is 1. The van der Waals surface area contributed by atoms with Crippen LogP contribution in [0.4, 0.5) is 0 Å². The Hall–Kier alpha value is -2.82. The highest BCUT2D eigenvalue weighted by molar-refractivity contribution is 5.93. The second kappa shape index (κ2) is 8.72. The molecule has 0 radical (unpaired) electrons. The van der Waals surface area contributed by atoms with Gasteiger partial charge in [0.05, 0.1) is 0 Å². The number of carbonyl (C=O) groups excluding carboxylic acids is 1. The molecule has 0 fully saturated rings. The first-order valence-electron chi connectivity index (χ1n) is 7.94. The average Bonchev–Trinajstić information content (AvgIpc) is 2.63. The average molecular weight is 324 g/mol. The molecule has 0 unspecified atom stereocenters. The van der Waals surface area contributed by atoms with E-state index in [1.54, 1.807) is 14.1 Å². The highest BCUT2D eigenvalue weighted by Crippen LogP contribution is 2.06. The van der Waals surface area contributed by atoms with Crippen LogP contribution in [0.2, 0.25) is 0 Å². The zero-order valence-corrected chi connectivity index (χ0v) is 14.4. The number of aliphatic imine (C=N–C) groups is 1. The van der Waals surface area contributed by atoms with Gasteiger partial charge in [-0.1, -0.05) is 36.4 Å². The van der Waals surface area contributed by atoms with Gasteiger partial charge in [0, 0.05) is 32.7 Å². The Morgan fingerprint density at radius 2 is 1.67 bits per heavy atom. The van der Waals surface area contributed by atoms with E-state index in [9.17, 15) is 4.79 Å². The molecule has 5 heteroatoms. The van der Waals surface area contributed by atoms with Crippen LogP contribution in [0, 0.1) is 6.92 Å². The first-order valence-corrected chi connectivity index (χ1v) is 7.94. The molecule has 0 atom stereocenters. The predicted molar refractivity (Wildman–Crippen MR) is 98.0 cm³/mol. The number of rotatable bonds is 5. The number of hydrogen-bond acceptors (Lipinski definition) is 2. The number of nitrogens with one attached hydrogen (secondary N) is 3. The van der Waals surface area contributed by atoms with Gasteiger partial charge in [-0.2, -0.15) is 0 Å². The molecule has 0 saturated carbocycles. The number of guanidine groups is 1. The summed E-state index contributed by atoms with van der Waals surface area (Å²) >= 11 is 0. The van der Waals surface area contributed by atoms with Crippen LogP contribution in [0.3, 0.4) is 0 Å². The molecular formula is C19H24N4O. The van der Waals surface area contributed by atoms with Crippen molar-refractivity contribution in [3.8, 4) is 0 Å². The Labute approximate surface area is 143 Å². The normalized spacial score (nSPS) is 11.0. The molecule has 2 aromatic carbocycles. The number of aryl methyl sites for hydroxylation is 1. The maximum absolute atomic E-state index is 11.5. The van der Waals surface area contributed by atoms with Gasteiger partial charge >= 0.3 is 0 Å². The van der Waals surface area contributed by atoms with Gasteiger partial charge in [0.2, 0.25) is 0 Å². The van der Waals surface area contributed by atoms with E-state index in [-0.39, 0.29) is 5.91 Å². The lowest BCUT2D eigenvalue weighted by molar-refractivity contribution is 0.0963. The molecule has 0 aliphatic rings. The number of benzene rings is 2. The van der Waals surface area contributed by atoms with Crippen LogP contribution < -0.4 is 16.0 Å². The third-order valence-electron chi connectivity index (χ3n) is 3.83. The molecule has 1 amide bonds. The fraction of sp³-hybridized carbons (Fsp3) is 0.263. The maximum Gasteiger partial charge on any atom is 0.251 e. The van der Waals surface area contributed by atoms with Crippen molar-refractivity contribution in [3.63, 3.8) is 0 Å². The monoisotopic (exact) mass is 324 g/mol. The lowest BCUT2D eigenvalue weighted by atomic mass is 10.1. The highest BCUT2D eigenvalue weighted by atomic mass is 16.1. The van der Waals surface area contributed by atoms with E-state index in [4.69, 9.17) is 0 Å². The van der Waals surface area contributed by atoms with Crippen molar-refractivity contribution in [2.45, 2.75) is 20.0 Å². The predicted octanol–water partition coefficient (Wildman–Crippen LogP) is 2.22. The van der Waals surface area contributed by atoms with Crippen LogP contribution in [0.1, 0.15) is 27.0 Å². The van der Waals surface area contributed by atoms with Gasteiger partial charge in [0.15, 0.2) is 5.96 Å². The minimum atomic E-state index is -0.0785. The summed E-state index contributed by atoms with van der Waals surface area (Å²) in [5, 5.41) is 9.20. The largest absolute Gasteiger partial charge is 0.355 e. The molecule has 126 valence electrons. The second-order valence-corrected chi connectivity index (χ2v) is 5.48. The van der Waals surface area contributed by atoms with Gasteiger partial charge < -0.3 is 16.0 Å². The Bertz CT molecular complexity index is 708. The van der Waals surface area contributed by atoms with Crippen molar-refractivity contribution >= 4 is 11.9 Å². The lowest BCUT2D eigenvalue weighted by Gasteiger charge is -2.13. The van der Waals surface area contributed by atoms with Gasteiger partial charge in [-0.05, 0) is 35.7 Å². The second-order valence-electron chi connectivity index (χ2n) is 5.48. The Morgan fingerprint density at radius 1 is 1.00 bits per heavy atom. The van der Waals surface area contributed by atoms with Crippen LogP contribution in [0.15, 0.2) is 53.5 Å². The number of carbonyl (C=O) groups is 1. The van der Waals surface area contributed by atoms with Gasteiger partial charge in [0.25, 0.3) is 5.91 Å². The molecule has 5 nitrogen and oxygen atoms in total. The minimum absolute atomic E-state index is 0.0785. The van der Waals surface area contributed by atoms with Crippen molar-refractivity contribution in [3.05, 3.63) is 70.8 Å². The van der Waals surface area contributed by atoms with Gasteiger partial charge in [-0.15, -0.1) is 0 Å². The van der Waals surface area contributed by atoms with E-state index in [1.807, 2.05) is 36.4 Å². The first-order chi connectivity index (χ1) is 11.6. The third-order valence-corrected chi connectivity index (χ3v) is 3.83. The third kappa shape index (κ3) is 4.84. The Morgan fingerprint density at radius 3 is 2.29 bits per heavy atom. The molecule has 0 aromatic heterocycles. The fourth-order valence-corrected chi connectivity index (χ4v) is 2.31. The molecule has 3 N–H and O–H groups in total. The van der Waals surface area contributed by atoms with E-state index in [0.29, 0.717) is 12.1 Å². The smallest absolute Gasteiger partial charge is 0.251 e. The number of nitrogens with zero attached hydrogens (tertiary/aromatic N) is 1. The summed E-state index contributed by atoms with van der Waals surface area (Å²) in [7, 11) is 3.38. The van der Waals surface area contributed by atoms with E-state index >= 15 is 0 Å². The standard InChI is InChI=1S/C19H24N4O/c1-14-6-4-5-7-17(14)13-23-19(21-3)22-12-15-8-10-16(11-9-15)18(24)20-2/h4-11H,12-13H2,1-3H3,(H,20,24)(H2,21,22,23). The molecule has 0 aliphatic carbocycles. The summed E-state index contributed by atoms with van der Waals surface area (Å²) in [6, 6.07) is 15.8. The van der Waals surface area contributed by atoms with Gasteiger partial charge in [-0.3, -0.25) is 9.79 Å². The van der Waals surface area contributed by atoms with Crippen molar-refractivity contribution in [1.29, 1.82) is 0 Å². The van der Waals surface area contributed by atoms with E-state index < -0.39 is 0 Å². The molecular weight excluding hydrogens is 300 g/mol. The fourth-order valence-electron chi connectivity index (χ4n) is 2.31. The topological polar surface area (TPSA) is 65.5 Å². The molecule has 2 rings (SSSR count). The van der Waals surface area contributed by atoms with Crippen LogP contribution in [0.5, 0.6) is 0 Å². The zero-order chi connectivity index (χ0) is 17.4. The van der Waals surface area contributed by atoms with E-state index in [0.717, 1.165) is 18.1 Å². The lowest BCUT2D eigenvalue weighted by Crippen LogP contribution is -2.36. The quantitative estimate of drug-likeness (QED) is 0.584. The SMILES string of the molecule is CN=C(NCc1ccc(C(=O)NC)cc1)NCc1ccccc1C. The highest BCUT2D eigenvalue weighted by Gasteiger charge is 2.04. The van der Waals surface area contributed by atoms with Crippen LogP contribution in [-0.2, 0) is 13.1 Å². The zero-order valence-electron chi connectivity index (χ0n) is 14.4. The van der Waals surface area contributed by atoms with Crippen LogP contribution >= 0.6 is 0 Å². The van der Waals surface area contributed by atoms with Gasteiger partial charge in [0.1, 0.15) is 0 Å². The molecule has 24 heavy (non-hydrogen) atoms. The molecule has 0 heterocycles. The molecule has 2 aromatic rings.